The average molecular weight is 1260 g/mol. The molecular formula is C55H95N14O19+. The van der Waals surface area contributed by atoms with Crippen LogP contribution in [0.1, 0.15) is 126 Å². The molecule has 0 bridgehead atoms. The van der Waals surface area contributed by atoms with Crippen molar-refractivity contribution in [3.63, 3.8) is 0 Å². The molecule has 0 saturated carbocycles. The summed E-state index contributed by atoms with van der Waals surface area (Å²) in [6.45, 7) is 13.1. The van der Waals surface area contributed by atoms with Crippen molar-refractivity contribution in [1.29, 1.82) is 0 Å². The minimum Gasteiger partial charge on any atom is -0.481 e. The lowest BCUT2D eigenvalue weighted by Crippen LogP contribution is -2.63. The fraction of sp³-hybridized carbons (Fsp3) is 0.709. The van der Waals surface area contributed by atoms with E-state index in [9.17, 15) is 93.0 Å². The molecule has 0 aliphatic carbocycles. The fourth-order valence-electron chi connectivity index (χ4n) is 8.66. The summed E-state index contributed by atoms with van der Waals surface area (Å²) in [5, 5.41) is 85.8. The van der Waals surface area contributed by atoms with E-state index in [1.165, 1.54) is 26.4 Å². The largest absolute Gasteiger partial charge is 0.481 e. The number of aliphatic carboxylic acids is 2. The summed E-state index contributed by atoms with van der Waals surface area (Å²) in [5.41, 5.74) is 4.07. The lowest BCUT2D eigenvalue weighted by molar-refractivity contribution is -0.368. The maximum absolute atomic E-state index is 14.4. The number of quaternary nitrogens is 1. The summed E-state index contributed by atoms with van der Waals surface area (Å²) in [5.74, 6) is -15.5. The second-order valence-corrected chi connectivity index (χ2v) is 22.7. The standard InChI is InChI=1S/C55H94N14O19/c1-11-29(8)43(53(85)63-36(19-27(4)5)47(79)65-39(23-71)50(82)60-33(14-12-13-17-56)45(77)62-35(18-26(2)3)48(80)66-40(24-72)55(87)88)68-46(78)34(15-16-41(75)76)61-49(81)37(20-32-21-57-25-58-32)64-52(84)42(28(6)7)67-54(86)44(30(9)73)69-51(83)38(22-70)59-31(10)74/h21,25-30,33-40,42-44,70-73H,11-20,22-24,56H2,1-10H3,(H,57,58)(H,59,74)(H,60,82)(H,61,81)(H,62,77)(H,63,85)(H,64,84)(H,65,79)(H,66,80)(H,67,86)(H,68,78)(H,69,83)(H,75,76)(H,87,88)/p+1/t29-,30+,33-,34-,35-,36-,37-,38-,39-,40-,42-,43-,44-/m0/s1. The van der Waals surface area contributed by atoms with Crippen molar-refractivity contribution >= 4 is 76.9 Å². The topological polar surface area (TPSA) is 532 Å². The number of aromatic amines is 1. The Balaban J connectivity index is 3.56. The highest BCUT2D eigenvalue weighted by Crippen LogP contribution is 2.15. The molecule has 0 saturated heterocycles. The van der Waals surface area contributed by atoms with E-state index in [0.717, 1.165) is 13.8 Å². The normalized spacial score (nSPS) is 15.8. The van der Waals surface area contributed by atoms with Gasteiger partial charge in [0.05, 0.1) is 38.8 Å². The first-order valence-corrected chi connectivity index (χ1v) is 29.3. The van der Waals surface area contributed by atoms with Crippen molar-refractivity contribution in [2.45, 2.75) is 200 Å². The zero-order valence-corrected chi connectivity index (χ0v) is 51.7. The number of aliphatic hydroxyl groups is 4. The van der Waals surface area contributed by atoms with Crippen molar-refractivity contribution in [3.8, 4) is 0 Å². The summed E-state index contributed by atoms with van der Waals surface area (Å²) in [7, 11) is 0. The molecule has 1 aromatic heterocycles. The Bertz CT molecular complexity index is 2480. The highest BCUT2D eigenvalue weighted by molar-refractivity contribution is 5.99. The third kappa shape index (κ3) is 27.9. The van der Waals surface area contributed by atoms with Crippen LogP contribution in [0.2, 0.25) is 0 Å². The summed E-state index contributed by atoms with van der Waals surface area (Å²) in [4.78, 5) is 180. The van der Waals surface area contributed by atoms with Gasteiger partial charge in [0.25, 0.3) is 0 Å². The van der Waals surface area contributed by atoms with Crippen molar-refractivity contribution in [2.75, 3.05) is 26.4 Å². The number of unbranched alkanes of at least 4 members (excludes halogenated alkanes) is 1. The molecule has 0 aliphatic heterocycles. The summed E-state index contributed by atoms with van der Waals surface area (Å²) in [6, 6.07) is -17.0. The van der Waals surface area contributed by atoms with Gasteiger partial charge in [0.2, 0.25) is 65.0 Å². The van der Waals surface area contributed by atoms with Gasteiger partial charge in [-0.1, -0.05) is 61.8 Å². The molecule has 0 unspecified atom stereocenters. The van der Waals surface area contributed by atoms with Gasteiger partial charge in [0.15, 0.2) is 0 Å². The maximum atomic E-state index is 14.4. The monoisotopic (exact) mass is 1260 g/mol. The van der Waals surface area contributed by atoms with Crippen molar-refractivity contribution in [3.05, 3.63) is 18.2 Å². The molecule has 0 aromatic carbocycles. The molecule has 33 nitrogen and oxygen atoms in total. The van der Waals surface area contributed by atoms with Crippen LogP contribution >= 0.6 is 0 Å². The Morgan fingerprint density at radius 2 is 0.898 bits per heavy atom. The first-order valence-electron chi connectivity index (χ1n) is 29.3. The smallest absolute Gasteiger partial charge is 0.328 e. The van der Waals surface area contributed by atoms with Crippen LogP contribution in [-0.2, 0) is 68.7 Å². The average Bonchev–Trinajstić information content (AvgIpc) is 4.07. The van der Waals surface area contributed by atoms with E-state index in [-0.39, 0.29) is 49.6 Å². The highest BCUT2D eigenvalue weighted by Gasteiger charge is 2.39. The van der Waals surface area contributed by atoms with Gasteiger partial charge in [-0.3, -0.25) is 57.5 Å². The molecular weight excluding hydrogens is 1160 g/mol. The van der Waals surface area contributed by atoms with Crippen LogP contribution in [0.5, 0.6) is 0 Å². The summed E-state index contributed by atoms with van der Waals surface area (Å²) >= 11 is 0. The molecule has 1 heterocycles. The Kier molecular flexibility index (Phi) is 35.4. The first-order chi connectivity index (χ1) is 41.2. The number of carbonyl (C=O) groups is 13. The number of carbonyl (C=O) groups excluding carboxylic acids is 11. The van der Waals surface area contributed by atoms with E-state index in [0.29, 0.717) is 19.4 Å². The third-order valence-corrected chi connectivity index (χ3v) is 13.8. The van der Waals surface area contributed by atoms with Gasteiger partial charge in [-0.15, -0.1) is 0 Å². The molecule has 88 heavy (non-hydrogen) atoms. The SMILES string of the molecule is CC[C@H](C)[C@H](NC(=O)[C@H](CCC(=O)O)NC(=O)[C@H](Cc1cnc[nH]1)NC(=O)[C@@H](NC(=O)[C@@H](NC(=O)[C@H](CO)NC(C)=O)[C@@H](C)O)C(C)C)C(=O)N[C@@H](CC(C)C)C(=O)N[C@@H](CO)C(=O)N[C@@H](CCCC[NH3+])C(=O)N[C@@H](CC(C)C)C(=O)N[C@@H](CO)C(=O)O. The van der Waals surface area contributed by atoms with E-state index in [4.69, 9.17) is 0 Å². The second-order valence-electron chi connectivity index (χ2n) is 22.7. The number of H-pyrrole nitrogens is 1. The molecule has 13 atom stereocenters. The molecule has 0 aliphatic rings. The number of hydrogen-bond donors (Lipinski definition) is 19. The van der Waals surface area contributed by atoms with Crippen molar-refractivity contribution in [1.82, 2.24) is 68.5 Å². The van der Waals surface area contributed by atoms with Gasteiger partial charge in [0, 0.05) is 31.7 Å². The van der Waals surface area contributed by atoms with E-state index in [1.54, 1.807) is 41.5 Å². The maximum Gasteiger partial charge on any atom is 0.328 e. The minimum atomic E-state index is -1.73. The number of imidazole rings is 1. The molecule has 498 valence electrons. The highest BCUT2D eigenvalue weighted by atomic mass is 16.4. The lowest BCUT2D eigenvalue weighted by atomic mass is 9.96. The first kappa shape index (κ1) is 78.1. The second kappa shape index (κ2) is 39.8. The molecule has 0 radical (unpaired) electrons. The lowest BCUT2D eigenvalue weighted by Gasteiger charge is -2.30. The number of carboxylic acid groups (broad SMARTS) is 2. The zero-order valence-electron chi connectivity index (χ0n) is 51.7. The Morgan fingerprint density at radius 1 is 0.500 bits per heavy atom. The number of nitrogens with one attached hydrogen (secondary N) is 12. The molecule has 0 fully saturated rings. The van der Waals surface area contributed by atoms with Gasteiger partial charge < -0.3 is 99.8 Å². The molecule has 1 aromatic rings. The summed E-state index contributed by atoms with van der Waals surface area (Å²) < 4.78 is 0. The molecule has 33 heteroatoms. The van der Waals surface area contributed by atoms with Crippen LogP contribution < -0.4 is 64.2 Å². The fourth-order valence-corrected chi connectivity index (χ4v) is 8.66. The van der Waals surface area contributed by atoms with Gasteiger partial charge >= 0.3 is 11.9 Å². The van der Waals surface area contributed by atoms with Crippen LogP contribution in [-0.4, -0.2) is 216 Å². The van der Waals surface area contributed by atoms with E-state index < -0.39 is 194 Å². The number of nitrogens with zero attached hydrogens (tertiary/aromatic N) is 1. The number of carboxylic acids is 2. The minimum absolute atomic E-state index is 0.00285. The van der Waals surface area contributed by atoms with E-state index in [1.807, 2.05) is 0 Å². The van der Waals surface area contributed by atoms with Crippen LogP contribution in [0.3, 0.4) is 0 Å². The van der Waals surface area contributed by atoms with Gasteiger partial charge in [0.1, 0.15) is 66.5 Å². The zero-order chi connectivity index (χ0) is 67.1. The predicted octanol–water partition coefficient (Wildman–Crippen LogP) is -6.18. The molecule has 1 rings (SSSR count). The quantitative estimate of drug-likeness (QED) is 0.0271. The van der Waals surface area contributed by atoms with Crippen LogP contribution in [0.25, 0.3) is 0 Å². The molecule has 0 spiro atoms. The van der Waals surface area contributed by atoms with Crippen molar-refractivity contribution in [2.24, 2.45) is 23.7 Å². The molecule has 21 N–H and O–H groups in total. The van der Waals surface area contributed by atoms with Gasteiger partial charge in [-0.25, -0.2) is 9.78 Å². The Morgan fingerprint density at radius 3 is 1.35 bits per heavy atom. The third-order valence-electron chi connectivity index (χ3n) is 13.8. The van der Waals surface area contributed by atoms with E-state index in [2.05, 4.69) is 74.2 Å². The number of aliphatic hydroxyl groups excluding tert-OH is 4. The summed E-state index contributed by atoms with van der Waals surface area (Å²) in [6.07, 6.45) is 0.461. The number of hydrogen-bond acceptors (Lipinski definition) is 18. The number of rotatable bonds is 42. The van der Waals surface area contributed by atoms with Crippen molar-refractivity contribution < 1.29 is 98.7 Å². The van der Waals surface area contributed by atoms with Gasteiger partial charge in [-0.2, -0.15) is 0 Å². The van der Waals surface area contributed by atoms with Crippen LogP contribution in [0, 0.1) is 23.7 Å². The molecule has 11 amide bonds. The van der Waals surface area contributed by atoms with Crippen LogP contribution in [0.15, 0.2) is 12.5 Å². The van der Waals surface area contributed by atoms with E-state index >= 15 is 0 Å². The number of aromatic nitrogens is 2. The Labute approximate surface area is 510 Å². The van der Waals surface area contributed by atoms with Gasteiger partial charge in [-0.05, 0) is 69.1 Å². The predicted molar refractivity (Wildman–Crippen MR) is 311 cm³/mol. The Hall–Kier alpha value is -7.88. The van der Waals surface area contributed by atoms with Crippen LogP contribution in [0.4, 0.5) is 0 Å². The number of amides is 11.